The van der Waals surface area contributed by atoms with Crippen LogP contribution in [0.2, 0.25) is 0 Å². The van der Waals surface area contributed by atoms with Crippen molar-refractivity contribution in [1.29, 1.82) is 0 Å². The number of H-pyrrole nitrogens is 1. The van der Waals surface area contributed by atoms with Crippen molar-refractivity contribution in [2.45, 2.75) is 17.5 Å². The zero-order chi connectivity index (χ0) is 19.2. The van der Waals surface area contributed by atoms with Crippen molar-refractivity contribution in [1.82, 2.24) is 20.2 Å². The molecule has 0 aliphatic rings. The van der Waals surface area contributed by atoms with Crippen LogP contribution in [0.5, 0.6) is 5.75 Å². The first-order chi connectivity index (χ1) is 13.7. The zero-order valence-corrected chi connectivity index (χ0v) is 17.0. The van der Waals surface area contributed by atoms with E-state index in [0.717, 1.165) is 16.5 Å². The number of benzene rings is 1. The van der Waals surface area contributed by atoms with Crippen LogP contribution in [0, 0.1) is 5.82 Å². The fraction of sp³-hybridized carbons (Fsp3) is 0.105. The van der Waals surface area contributed by atoms with Crippen molar-refractivity contribution < 1.29 is 9.13 Å². The molecule has 0 bridgehead atoms. The van der Waals surface area contributed by atoms with E-state index in [-0.39, 0.29) is 5.82 Å². The van der Waals surface area contributed by atoms with E-state index in [9.17, 15) is 4.39 Å². The lowest BCUT2D eigenvalue weighted by atomic mass is 10.3. The van der Waals surface area contributed by atoms with Crippen LogP contribution in [0.4, 0.5) is 4.39 Å². The Morgan fingerprint density at radius 2 is 2.00 bits per heavy atom. The lowest BCUT2D eigenvalue weighted by Crippen LogP contribution is -1.95. The molecule has 5 nitrogen and oxygen atoms in total. The molecule has 0 aliphatic heterocycles. The van der Waals surface area contributed by atoms with Gasteiger partial charge in [0.25, 0.3) is 0 Å². The third kappa shape index (κ3) is 5.28. The van der Waals surface area contributed by atoms with Gasteiger partial charge < -0.3 is 4.74 Å². The predicted molar refractivity (Wildman–Crippen MR) is 112 cm³/mol. The summed E-state index contributed by atoms with van der Waals surface area (Å²) < 4.78 is 18.5. The van der Waals surface area contributed by atoms with Crippen LogP contribution in [0.1, 0.15) is 21.4 Å². The van der Waals surface area contributed by atoms with Crippen LogP contribution < -0.4 is 4.74 Å². The average Bonchev–Trinajstić information content (AvgIpc) is 3.46. The van der Waals surface area contributed by atoms with E-state index < -0.39 is 0 Å². The van der Waals surface area contributed by atoms with Gasteiger partial charge in [0.2, 0.25) is 5.16 Å². The molecule has 0 fully saturated rings. The molecule has 3 aromatic heterocycles. The summed E-state index contributed by atoms with van der Waals surface area (Å²) in [4.78, 5) is 10.2. The van der Waals surface area contributed by atoms with Gasteiger partial charge in [-0.3, -0.25) is 5.10 Å². The Morgan fingerprint density at radius 3 is 2.82 bits per heavy atom. The van der Waals surface area contributed by atoms with Crippen molar-refractivity contribution in [3.63, 3.8) is 0 Å². The number of thioether (sulfide) groups is 1. The van der Waals surface area contributed by atoms with Crippen LogP contribution in [0.25, 0.3) is 12.2 Å². The number of hydrogen-bond donors (Lipinski definition) is 1. The Kier molecular flexibility index (Phi) is 6.15. The maximum absolute atomic E-state index is 12.9. The van der Waals surface area contributed by atoms with Crippen molar-refractivity contribution in [2.75, 3.05) is 0 Å². The van der Waals surface area contributed by atoms with E-state index in [4.69, 9.17) is 4.74 Å². The molecule has 0 saturated carbocycles. The fourth-order valence-electron chi connectivity index (χ4n) is 2.24. The topological polar surface area (TPSA) is 63.7 Å². The first-order valence-electron chi connectivity index (χ1n) is 8.33. The van der Waals surface area contributed by atoms with Gasteiger partial charge in [0.1, 0.15) is 29.0 Å². The highest BCUT2D eigenvalue weighted by molar-refractivity contribution is 7.98. The lowest BCUT2D eigenvalue weighted by Gasteiger charge is -2.03. The summed E-state index contributed by atoms with van der Waals surface area (Å²) in [5, 5.41) is 12.7. The Balaban J connectivity index is 1.27. The number of nitrogens with zero attached hydrogens (tertiary/aromatic N) is 3. The molecule has 142 valence electrons. The van der Waals surface area contributed by atoms with Gasteiger partial charge in [-0.2, -0.15) is 0 Å². The molecule has 3 heterocycles. The van der Waals surface area contributed by atoms with Crippen LogP contribution in [0.15, 0.2) is 52.3 Å². The zero-order valence-electron chi connectivity index (χ0n) is 14.5. The molecule has 0 spiro atoms. The summed E-state index contributed by atoms with van der Waals surface area (Å²) in [6.45, 7) is 0.360. The number of thiophene rings is 1. The minimum absolute atomic E-state index is 0.280. The summed E-state index contributed by atoms with van der Waals surface area (Å²) in [5.74, 6) is 1.75. The summed E-state index contributed by atoms with van der Waals surface area (Å²) in [6.07, 6.45) is 3.92. The number of ether oxygens (including phenoxy) is 1. The van der Waals surface area contributed by atoms with Crippen molar-refractivity contribution >= 4 is 46.6 Å². The minimum atomic E-state index is -0.280. The van der Waals surface area contributed by atoms with Crippen molar-refractivity contribution in [2.24, 2.45) is 0 Å². The maximum atomic E-state index is 12.9. The highest BCUT2D eigenvalue weighted by Gasteiger charge is 2.07. The molecule has 4 aromatic rings. The number of hydrogen-bond acceptors (Lipinski definition) is 7. The maximum Gasteiger partial charge on any atom is 0.209 e. The third-order valence-corrected chi connectivity index (χ3v) is 6.14. The van der Waals surface area contributed by atoms with E-state index in [2.05, 4.69) is 20.2 Å². The standard InChI is InChI=1S/C19H15FN4OS3/c20-13-3-5-15(6-4-13)25-10-18-21-14(11-27-18)12-28-19-22-17(23-24-19)8-7-16-2-1-9-26-16/h1-9,11H,10,12H2,(H,22,23,24)/b8-7-. The van der Waals surface area contributed by atoms with Gasteiger partial charge in [0.05, 0.1) is 5.69 Å². The van der Waals surface area contributed by atoms with E-state index >= 15 is 0 Å². The predicted octanol–water partition coefficient (Wildman–Crippen LogP) is 5.50. The first kappa shape index (κ1) is 18.9. The molecule has 0 unspecified atom stereocenters. The molecule has 4 rings (SSSR count). The molecule has 0 saturated heterocycles. The van der Waals surface area contributed by atoms with Gasteiger partial charge in [-0.05, 0) is 47.9 Å². The van der Waals surface area contributed by atoms with Crippen molar-refractivity contribution in [3.05, 3.63) is 74.4 Å². The second-order valence-electron chi connectivity index (χ2n) is 5.62. The monoisotopic (exact) mass is 430 g/mol. The Morgan fingerprint density at radius 1 is 1.11 bits per heavy atom. The van der Waals surface area contributed by atoms with Crippen LogP contribution >= 0.6 is 34.4 Å². The molecule has 1 aromatic carbocycles. The summed E-state index contributed by atoms with van der Waals surface area (Å²) in [5.41, 5.74) is 0.952. The molecule has 9 heteroatoms. The van der Waals surface area contributed by atoms with Gasteiger partial charge in [0.15, 0.2) is 0 Å². The van der Waals surface area contributed by atoms with Crippen LogP contribution in [0.3, 0.4) is 0 Å². The second kappa shape index (κ2) is 9.13. The van der Waals surface area contributed by atoms with Gasteiger partial charge >= 0.3 is 0 Å². The number of aromatic nitrogens is 4. The number of thiazole rings is 1. The molecule has 28 heavy (non-hydrogen) atoms. The van der Waals surface area contributed by atoms with E-state index in [1.807, 2.05) is 35.0 Å². The Hall–Kier alpha value is -2.49. The number of nitrogens with one attached hydrogen (secondary N) is 1. The number of aromatic amines is 1. The third-order valence-electron chi connectivity index (χ3n) is 3.56. The van der Waals surface area contributed by atoms with Crippen molar-refractivity contribution in [3.8, 4) is 5.75 Å². The number of rotatable bonds is 8. The van der Waals surface area contributed by atoms with E-state index in [1.54, 1.807) is 23.5 Å². The molecule has 0 aliphatic carbocycles. The largest absolute Gasteiger partial charge is 0.486 e. The van der Waals surface area contributed by atoms with Gasteiger partial charge in [-0.25, -0.2) is 14.4 Å². The SMILES string of the molecule is Fc1ccc(OCc2nc(CSc3n[nH]c(/C=C\c4cccs4)n3)cs2)cc1. The molecular weight excluding hydrogens is 415 g/mol. The van der Waals surface area contributed by atoms with E-state index in [1.165, 1.54) is 40.1 Å². The summed E-state index contributed by atoms with van der Waals surface area (Å²) in [7, 11) is 0. The molecule has 0 amide bonds. The van der Waals surface area contributed by atoms with Gasteiger partial charge in [-0.15, -0.1) is 27.8 Å². The molecule has 0 atom stereocenters. The first-order valence-corrected chi connectivity index (χ1v) is 11.1. The minimum Gasteiger partial charge on any atom is -0.486 e. The Labute approximate surface area is 173 Å². The normalized spacial score (nSPS) is 11.3. The molecule has 1 N–H and O–H groups in total. The van der Waals surface area contributed by atoms with E-state index in [0.29, 0.717) is 23.3 Å². The second-order valence-corrected chi connectivity index (χ2v) is 8.48. The van der Waals surface area contributed by atoms with Gasteiger partial charge in [-0.1, -0.05) is 17.8 Å². The molecule has 0 radical (unpaired) electrons. The molecular formula is C19H15FN4OS3. The van der Waals surface area contributed by atoms with Gasteiger partial charge in [0, 0.05) is 16.0 Å². The lowest BCUT2D eigenvalue weighted by molar-refractivity contribution is 0.305. The fourth-order valence-corrected chi connectivity index (χ4v) is 4.37. The highest BCUT2D eigenvalue weighted by atomic mass is 32.2. The highest BCUT2D eigenvalue weighted by Crippen LogP contribution is 2.22. The summed E-state index contributed by atoms with van der Waals surface area (Å²) >= 11 is 4.73. The Bertz CT molecular complexity index is 1040. The summed E-state index contributed by atoms with van der Waals surface area (Å²) in [6, 6.07) is 10.0. The number of halogens is 1. The quantitative estimate of drug-likeness (QED) is 0.374. The average molecular weight is 431 g/mol. The van der Waals surface area contributed by atoms with Crippen LogP contribution in [-0.2, 0) is 12.4 Å². The smallest absolute Gasteiger partial charge is 0.209 e. The van der Waals surface area contributed by atoms with Crippen LogP contribution in [-0.4, -0.2) is 20.2 Å².